The number of nitrogens with two attached hydrogens (primary N) is 1. The molecule has 0 aliphatic carbocycles. The van der Waals surface area contributed by atoms with Gasteiger partial charge in [-0.3, -0.25) is 4.79 Å². The van der Waals surface area contributed by atoms with Gasteiger partial charge in [0.15, 0.2) is 0 Å². The maximum atomic E-state index is 10.4. The van der Waals surface area contributed by atoms with Crippen molar-refractivity contribution in [3.8, 4) is 0 Å². The predicted octanol–water partition coefficient (Wildman–Crippen LogP) is 4.62. The van der Waals surface area contributed by atoms with Crippen molar-refractivity contribution in [2.75, 3.05) is 0 Å². The second kappa shape index (κ2) is 17.9. The fourth-order valence-electron chi connectivity index (χ4n) is 1.61. The molecule has 1 radical (unpaired) electrons. The Kier molecular flexibility index (Phi) is 19.8. The molecule has 17 heavy (non-hydrogen) atoms. The van der Waals surface area contributed by atoms with E-state index in [2.05, 4.69) is 6.92 Å². The molecule has 0 aliphatic rings. The van der Waals surface area contributed by atoms with Crippen LogP contribution in [0.3, 0.4) is 0 Å². The SMILES string of the molecule is CCCCCCCCCCCC(N)=O.C[CH]C. The number of primary amides is 1. The number of carbonyl (C=O) groups is 1. The minimum Gasteiger partial charge on any atom is -0.370 e. The Morgan fingerprint density at radius 3 is 1.59 bits per heavy atom. The summed E-state index contributed by atoms with van der Waals surface area (Å²) in [5.74, 6) is -0.159. The van der Waals surface area contributed by atoms with Gasteiger partial charge in [-0.15, -0.1) is 0 Å². The van der Waals surface area contributed by atoms with Gasteiger partial charge in [0.1, 0.15) is 0 Å². The van der Waals surface area contributed by atoms with Crippen LogP contribution in [0.25, 0.3) is 0 Å². The second-order valence-corrected chi connectivity index (χ2v) is 4.62. The summed E-state index contributed by atoms with van der Waals surface area (Å²) < 4.78 is 0. The molecular formula is C15H32NO. The zero-order chi connectivity index (χ0) is 13.4. The molecule has 0 aromatic carbocycles. The van der Waals surface area contributed by atoms with Crippen LogP contribution in [0.5, 0.6) is 0 Å². The molecule has 2 nitrogen and oxygen atoms in total. The van der Waals surface area contributed by atoms with Crippen molar-refractivity contribution < 1.29 is 4.79 Å². The van der Waals surface area contributed by atoms with E-state index in [1.54, 1.807) is 0 Å². The van der Waals surface area contributed by atoms with Crippen LogP contribution in [0, 0.1) is 6.42 Å². The topological polar surface area (TPSA) is 43.1 Å². The van der Waals surface area contributed by atoms with Gasteiger partial charge in [-0.2, -0.15) is 0 Å². The summed E-state index contributed by atoms with van der Waals surface area (Å²) in [6, 6.07) is 0. The third-order valence-corrected chi connectivity index (χ3v) is 2.53. The van der Waals surface area contributed by atoms with Crippen LogP contribution >= 0.6 is 0 Å². The number of carbonyl (C=O) groups excluding carboxylic acids is 1. The quantitative estimate of drug-likeness (QED) is 0.558. The van der Waals surface area contributed by atoms with Crippen LogP contribution in [0.4, 0.5) is 0 Å². The van der Waals surface area contributed by atoms with E-state index in [1.165, 1.54) is 44.9 Å². The molecule has 0 spiro atoms. The first kappa shape index (κ1) is 18.8. The molecular weight excluding hydrogens is 210 g/mol. The Labute approximate surface area is 108 Å². The van der Waals surface area contributed by atoms with Crippen molar-refractivity contribution in [3.05, 3.63) is 6.42 Å². The van der Waals surface area contributed by atoms with Crippen LogP contribution in [0.15, 0.2) is 0 Å². The Hall–Kier alpha value is -0.530. The highest BCUT2D eigenvalue weighted by Gasteiger charge is 1.94. The van der Waals surface area contributed by atoms with Crippen LogP contribution < -0.4 is 5.73 Å². The zero-order valence-corrected chi connectivity index (χ0v) is 12.1. The molecule has 0 fully saturated rings. The Balaban J connectivity index is 0. The third-order valence-electron chi connectivity index (χ3n) is 2.53. The minimum absolute atomic E-state index is 0.159. The van der Waals surface area contributed by atoms with E-state index in [1.807, 2.05) is 20.3 Å². The molecule has 2 heteroatoms. The van der Waals surface area contributed by atoms with Crippen molar-refractivity contribution >= 4 is 5.91 Å². The molecule has 0 rings (SSSR count). The highest BCUT2D eigenvalue weighted by Crippen LogP contribution is 2.10. The van der Waals surface area contributed by atoms with Gasteiger partial charge >= 0.3 is 0 Å². The van der Waals surface area contributed by atoms with E-state index in [0.29, 0.717) is 6.42 Å². The van der Waals surface area contributed by atoms with E-state index in [-0.39, 0.29) is 5.91 Å². The second-order valence-electron chi connectivity index (χ2n) is 4.62. The van der Waals surface area contributed by atoms with Crippen LogP contribution in [-0.2, 0) is 4.79 Å². The molecule has 0 atom stereocenters. The van der Waals surface area contributed by atoms with E-state index in [0.717, 1.165) is 12.8 Å². The Morgan fingerprint density at radius 1 is 0.882 bits per heavy atom. The minimum atomic E-state index is -0.159. The van der Waals surface area contributed by atoms with Crippen molar-refractivity contribution in [1.29, 1.82) is 0 Å². The smallest absolute Gasteiger partial charge is 0.217 e. The van der Waals surface area contributed by atoms with Gasteiger partial charge < -0.3 is 5.73 Å². The van der Waals surface area contributed by atoms with Gasteiger partial charge in [-0.1, -0.05) is 72.1 Å². The Morgan fingerprint density at radius 2 is 1.24 bits per heavy atom. The lowest BCUT2D eigenvalue weighted by Gasteiger charge is -2.00. The first-order valence-electron chi connectivity index (χ1n) is 7.21. The summed E-state index contributed by atoms with van der Waals surface area (Å²) in [7, 11) is 0. The molecule has 0 aliphatic heterocycles. The average molecular weight is 242 g/mol. The third kappa shape index (κ3) is 25.6. The van der Waals surface area contributed by atoms with E-state index < -0.39 is 0 Å². The highest BCUT2D eigenvalue weighted by atomic mass is 16.1. The number of unbranched alkanes of at least 4 members (excludes halogenated alkanes) is 8. The molecule has 0 aromatic heterocycles. The normalized spacial score (nSPS) is 9.59. The van der Waals surface area contributed by atoms with E-state index >= 15 is 0 Å². The van der Waals surface area contributed by atoms with Gasteiger partial charge in [0.2, 0.25) is 5.91 Å². The zero-order valence-electron chi connectivity index (χ0n) is 12.1. The molecule has 0 bridgehead atoms. The van der Waals surface area contributed by atoms with Crippen LogP contribution in [0.2, 0.25) is 0 Å². The number of amides is 1. The fourth-order valence-corrected chi connectivity index (χ4v) is 1.61. The Bertz CT molecular complexity index is 146. The summed E-state index contributed by atoms with van der Waals surface area (Å²) in [6.07, 6.45) is 14.1. The number of rotatable bonds is 10. The largest absolute Gasteiger partial charge is 0.370 e. The predicted molar refractivity (Wildman–Crippen MR) is 76.7 cm³/mol. The molecule has 1 amide bonds. The summed E-state index contributed by atoms with van der Waals surface area (Å²) >= 11 is 0. The van der Waals surface area contributed by atoms with Crippen LogP contribution in [-0.4, -0.2) is 5.91 Å². The van der Waals surface area contributed by atoms with Crippen molar-refractivity contribution in [2.24, 2.45) is 5.73 Å². The van der Waals surface area contributed by atoms with Gasteiger partial charge in [-0.25, -0.2) is 0 Å². The number of hydrogen-bond acceptors (Lipinski definition) is 1. The van der Waals surface area contributed by atoms with E-state index in [4.69, 9.17) is 5.73 Å². The molecule has 0 heterocycles. The lowest BCUT2D eigenvalue weighted by molar-refractivity contribution is -0.118. The lowest BCUT2D eigenvalue weighted by Crippen LogP contribution is -2.09. The molecule has 2 N–H and O–H groups in total. The average Bonchev–Trinajstić information content (AvgIpc) is 2.27. The van der Waals surface area contributed by atoms with Gasteiger partial charge in [0.25, 0.3) is 0 Å². The van der Waals surface area contributed by atoms with Crippen LogP contribution in [0.1, 0.15) is 85.0 Å². The van der Waals surface area contributed by atoms with Crippen molar-refractivity contribution in [2.45, 2.75) is 85.0 Å². The molecule has 0 saturated carbocycles. The summed E-state index contributed by atoms with van der Waals surface area (Å²) in [5.41, 5.74) is 5.05. The monoisotopic (exact) mass is 242 g/mol. The number of hydrogen-bond donors (Lipinski definition) is 1. The fraction of sp³-hybridized carbons (Fsp3) is 0.867. The lowest BCUT2D eigenvalue weighted by atomic mass is 10.1. The van der Waals surface area contributed by atoms with Crippen molar-refractivity contribution in [1.82, 2.24) is 0 Å². The maximum Gasteiger partial charge on any atom is 0.217 e. The molecule has 0 aromatic rings. The molecule has 103 valence electrons. The summed E-state index contributed by atoms with van der Waals surface area (Å²) in [6.45, 7) is 6.24. The maximum absolute atomic E-state index is 10.4. The molecule has 0 saturated heterocycles. The molecule has 0 unspecified atom stereocenters. The van der Waals surface area contributed by atoms with E-state index in [9.17, 15) is 4.79 Å². The van der Waals surface area contributed by atoms with Crippen molar-refractivity contribution in [3.63, 3.8) is 0 Å². The van der Waals surface area contributed by atoms with Gasteiger partial charge in [0, 0.05) is 6.42 Å². The summed E-state index contributed by atoms with van der Waals surface area (Å²) in [5, 5.41) is 0. The van der Waals surface area contributed by atoms with Gasteiger partial charge in [0.05, 0.1) is 0 Å². The van der Waals surface area contributed by atoms with Gasteiger partial charge in [-0.05, 0) is 12.8 Å². The first-order chi connectivity index (χ1) is 8.18. The standard InChI is InChI=1S/C12H25NO.C3H7/c1-2-3-4-5-6-7-8-9-10-11-12(13)14;1-3-2/h2-11H2,1H3,(H2,13,14);3H,1-2H3. The summed E-state index contributed by atoms with van der Waals surface area (Å²) in [4.78, 5) is 10.4. The first-order valence-corrected chi connectivity index (χ1v) is 7.21. The highest BCUT2D eigenvalue weighted by molar-refractivity contribution is 5.73.